The van der Waals surface area contributed by atoms with E-state index in [4.69, 9.17) is 9.47 Å². The van der Waals surface area contributed by atoms with E-state index in [0.29, 0.717) is 25.5 Å². The standard InChI is InChI=1S/C24H30N4O5/c1-32-19-9-7-18(8-10-19)15-26-23(30)17-28(16-20-5-4-14-33-20)24(31)12-11-22(29)27-21-6-2-3-13-25-21/h2-3,6-10,13,20H,4-5,11-12,14-17H2,1H3,(H,26,30)(H,25,27,29). The lowest BCUT2D eigenvalue weighted by Crippen LogP contribution is -2.44. The average molecular weight is 455 g/mol. The first kappa shape index (κ1) is 24.2. The normalized spacial score (nSPS) is 15.0. The Morgan fingerprint density at radius 3 is 2.61 bits per heavy atom. The molecule has 33 heavy (non-hydrogen) atoms. The summed E-state index contributed by atoms with van der Waals surface area (Å²) in [7, 11) is 1.60. The van der Waals surface area contributed by atoms with Crippen molar-refractivity contribution >= 4 is 23.5 Å². The van der Waals surface area contributed by atoms with E-state index in [1.807, 2.05) is 24.3 Å². The minimum atomic E-state index is -0.303. The van der Waals surface area contributed by atoms with Gasteiger partial charge in [-0.15, -0.1) is 0 Å². The lowest BCUT2D eigenvalue weighted by atomic mass is 10.2. The molecule has 3 amide bonds. The van der Waals surface area contributed by atoms with Crippen LogP contribution in [0.1, 0.15) is 31.2 Å². The third-order valence-corrected chi connectivity index (χ3v) is 5.28. The summed E-state index contributed by atoms with van der Waals surface area (Å²) >= 11 is 0. The van der Waals surface area contributed by atoms with Crippen molar-refractivity contribution in [2.75, 3.05) is 32.1 Å². The lowest BCUT2D eigenvalue weighted by molar-refractivity contribution is -0.138. The number of hydrogen-bond donors (Lipinski definition) is 2. The van der Waals surface area contributed by atoms with Gasteiger partial charge in [-0.2, -0.15) is 0 Å². The van der Waals surface area contributed by atoms with Gasteiger partial charge in [-0.25, -0.2) is 4.98 Å². The fourth-order valence-corrected chi connectivity index (χ4v) is 3.48. The van der Waals surface area contributed by atoms with E-state index in [9.17, 15) is 14.4 Å². The second-order valence-corrected chi connectivity index (χ2v) is 7.80. The van der Waals surface area contributed by atoms with Crippen molar-refractivity contribution in [3.63, 3.8) is 0 Å². The molecule has 1 unspecified atom stereocenters. The van der Waals surface area contributed by atoms with Crippen LogP contribution < -0.4 is 15.4 Å². The van der Waals surface area contributed by atoms with Crippen LogP contribution in [-0.4, -0.2) is 60.5 Å². The fraction of sp³-hybridized carbons (Fsp3) is 0.417. The van der Waals surface area contributed by atoms with Gasteiger partial charge in [-0.1, -0.05) is 18.2 Å². The molecule has 2 heterocycles. The Hall–Kier alpha value is -3.46. The Morgan fingerprint density at radius 1 is 1.12 bits per heavy atom. The highest BCUT2D eigenvalue weighted by Gasteiger charge is 2.24. The summed E-state index contributed by atoms with van der Waals surface area (Å²) < 4.78 is 10.8. The van der Waals surface area contributed by atoms with Crippen molar-refractivity contribution in [3.8, 4) is 5.75 Å². The van der Waals surface area contributed by atoms with E-state index in [1.165, 1.54) is 4.90 Å². The van der Waals surface area contributed by atoms with Gasteiger partial charge in [0, 0.05) is 38.7 Å². The molecule has 9 heteroatoms. The Balaban J connectivity index is 1.50. The Morgan fingerprint density at radius 2 is 1.94 bits per heavy atom. The zero-order valence-corrected chi connectivity index (χ0v) is 18.8. The van der Waals surface area contributed by atoms with Crippen LogP contribution in [0, 0.1) is 0 Å². The highest BCUT2D eigenvalue weighted by molar-refractivity contribution is 5.93. The molecule has 1 aromatic carbocycles. The van der Waals surface area contributed by atoms with Gasteiger partial charge in [0.15, 0.2) is 0 Å². The number of hydrogen-bond acceptors (Lipinski definition) is 6. The summed E-state index contributed by atoms with van der Waals surface area (Å²) in [6.07, 6.45) is 3.27. The number of nitrogens with zero attached hydrogens (tertiary/aromatic N) is 2. The first-order valence-corrected chi connectivity index (χ1v) is 11.0. The number of pyridine rings is 1. The second-order valence-electron chi connectivity index (χ2n) is 7.80. The zero-order valence-electron chi connectivity index (χ0n) is 18.8. The van der Waals surface area contributed by atoms with Crippen molar-refractivity contribution in [2.24, 2.45) is 0 Å². The number of rotatable bonds is 11. The number of carbonyl (C=O) groups excluding carboxylic acids is 3. The molecular formula is C24H30N4O5. The summed E-state index contributed by atoms with van der Waals surface area (Å²) in [4.78, 5) is 43.1. The van der Waals surface area contributed by atoms with Gasteiger partial charge in [-0.05, 0) is 42.7 Å². The maximum Gasteiger partial charge on any atom is 0.239 e. The number of anilines is 1. The Bertz CT molecular complexity index is 914. The molecular weight excluding hydrogens is 424 g/mol. The third kappa shape index (κ3) is 8.19. The molecule has 0 aliphatic carbocycles. The molecule has 0 saturated carbocycles. The van der Waals surface area contributed by atoms with E-state index < -0.39 is 0 Å². The van der Waals surface area contributed by atoms with E-state index in [-0.39, 0.29) is 43.2 Å². The van der Waals surface area contributed by atoms with Crippen LogP contribution in [-0.2, 0) is 25.7 Å². The molecule has 3 rings (SSSR count). The van der Waals surface area contributed by atoms with E-state index in [0.717, 1.165) is 24.2 Å². The molecule has 0 bridgehead atoms. The molecule has 1 atom stereocenters. The summed E-state index contributed by atoms with van der Waals surface area (Å²) in [5, 5.41) is 5.51. The zero-order chi connectivity index (χ0) is 23.5. The molecule has 9 nitrogen and oxygen atoms in total. The topological polar surface area (TPSA) is 110 Å². The molecule has 2 aromatic rings. The molecule has 0 spiro atoms. The predicted molar refractivity (Wildman–Crippen MR) is 122 cm³/mol. The Labute approximate surface area is 193 Å². The van der Waals surface area contributed by atoms with Gasteiger partial charge in [0.25, 0.3) is 0 Å². The van der Waals surface area contributed by atoms with Crippen LogP contribution in [0.25, 0.3) is 0 Å². The summed E-state index contributed by atoms with van der Waals surface area (Å²) in [5.41, 5.74) is 0.923. The minimum absolute atomic E-state index is 0.00283. The van der Waals surface area contributed by atoms with Crippen molar-refractivity contribution in [1.29, 1.82) is 0 Å². The SMILES string of the molecule is COc1ccc(CNC(=O)CN(CC2CCCO2)C(=O)CCC(=O)Nc2ccccn2)cc1. The van der Waals surface area contributed by atoms with Gasteiger partial charge in [0.05, 0.1) is 19.8 Å². The van der Waals surface area contributed by atoms with Crippen LogP contribution >= 0.6 is 0 Å². The van der Waals surface area contributed by atoms with Crippen LogP contribution in [0.2, 0.25) is 0 Å². The maximum absolute atomic E-state index is 12.8. The molecule has 0 radical (unpaired) electrons. The van der Waals surface area contributed by atoms with Gasteiger partial charge >= 0.3 is 0 Å². The van der Waals surface area contributed by atoms with Crippen molar-refractivity contribution < 1.29 is 23.9 Å². The molecule has 176 valence electrons. The number of nitrogens with one attached hydrogen (secondary N) is 2. The van der Waals surface area contributed by atoms with Gasteiger partial charge in [0.1, 0.15) is 11.6 Å². The molecule has 1 aliphatic heterocycles. The lowest BCUT2D eigenvalue weighted by Gasteiger charge is -2.25. The molecule has 1 aliphatic rings. The van der Waals surface area contributed by atoms with Gasteiger partial charge in [0.2, 0.25) is 17.7 Å². The number of benzene rings is 1. The summed E-state index contributed by atoms with van der Waals surface area (Å²) in [5.74, 6) is 0.342. The Kier molecular flexibility index (Phi) is 9.19. The highest BCUT2D eigenvalue weighted by Crippen LogP contribution is 2.15. The largest absolute Gasteiger partial charge is 0.497 e. The van der Waals surface area contributed by atoms with E-state index >= 15 is 0 Å². The van der Waals surface area contributed by atoms with Gasteiger partial charge < -0.3 is 25.0 Å². The van der Waals surface area contributed by atoms with Crippen molar-refractivity contribution in [3.05, 3.63) is 54.2 Å². The quantitative estimate of drug-likeness (QED) is 0.538. The van der Waals surface area contributed by atoms with Crippen molar-refractivity contribution in [1.82, 2.24) is 15.2 Å². The molecule has 1 saturated heterocycles. The van der Waals surface area contributed by atoms with Crippen LogP contribution in [0.3, 0.4) is 0 Å². The van der Waals surface area contributed by atoms with Crippen LogP contribution in [0.5, 0.6) is 5.75 Å². The highest BCUT2D eigenvalue weighted by atomic mass is 16.5. The van der Waals surface area contributed by atoms with E-state index in [1.54, 1.807) is 31.5 Å². The van der Waals surface area contributed by atoms with Crippen LogP contribution in [0.15, 0.2) is 48.7 Å². The number of aromatic nitrogens is 1. The maximum atomic E-state index is 12.8. The van der Waals surface area contributed by atoms with Crippen molar-refractivity contribution in [2.45, 2.75) is 38.3 Å². The summed E-state index contributed by atoms with van der Waals surface area (Å²) in [6, 6.07) is 12.6. The number of ether oxygens (including phenoxy) is 2. The fourth-order valence-electron chi connectivity index (χ4n) is 3.48. The predicted octanol–water partition coefficient (Wildman–Crippen LogP) is 2.13. The summed E-state index contributed by atoms with van der Waals surface area (Å²) in [6.45, 7) is 1.24. The molecule has 2 N–H and O–H groups in total. The van der Waals surface area contributed by atoms with E-state index in [2.05, 4.69) is 15.6 Å². The molecule has 1 fully saturated rings. The third-order valence-electron chi connectivity index (χ3n) is 5.28. The number of methoxy groups -OCH3 is 1. The molecule has 1 aromatic heterocycles. The monoisotopic (exact) mass is 454 g/mol. The number of carbonyl (C=O) groups is 3. The first-order chi connectivity index (χ1) is 16.0. The van der Waals surface area contributed by atoms with Crippen LogP contribution in [0.4, 0.5) is 5.82 Å². The van der Waals surface area contributed by atoms with Gasteiger partial charge in [-0.3, -0.25) is 14.4 Å². The minimum Gasteiger partial charge on any atom is -0.497 e. The first-order valence-electron chi connectivity index (χ1n) is 11.0. The average Bonchev–Trinajstić information content (AvgIpc) is 3.35. The second kappa shape index (κ2) is 12.5. The number of amides is 3. The smallest absolute Gasteiger partial charge is 0.239 e.